The molecule has 1 amide bonds. The number of aromatic amines is 1. The molecule has 3 unspecified atom stereocenters. The zero-order chi connectivity index (χ0) is 15.0. The van der Waals surface area contributed by atoms with Gasteiger partial charge in [0.05, 0.1) is 29.2 Å². The molecule has 1 saturated carbocycles. The Labute approximate surface area is 121 Å². The number of carboxylic acid groups (broad SMARTS) is 1. The Morgan fingerprint density at radius 2 is 2.10 bits per heavy atom. The summed E-state index contributed by atoms with van der Waals surface area (Å²) in [6.07, 6.45) is 2.85. The maximum atomic E-state index is 12.4. The number of hydrogen-bond donors (Lipinski definition) is 3. The van der Waals surface area contributed by atoms with Crippen molar-refractivity contribution in [3.63, 3.8) is 0 Å². The molecule has 3 N–H and O–H groups in total. The van der Waals surface area contributed by atoms with Gasteiger partial charge in [0.1, 0.15) is 0 Å². The van der Waals surface area contributed by atoms with Gasteiger partial charge in [0.2, 0.25) is 5.91 Å². The number of carboxylic acids is 1. The van der Waals surface area contributed by atoms with Crippen molar-refractivity contribution in [2.24, 2.45) is 17.8 Å². The summed E-state index contributed by atoms with van der Waals surface area (Å²) in [5.41, 5.74) is 1.39. The molecule has 1 aliphatic carbocycles. The fourth-order valence-electron chi connectivity index (χ4n) is 3.15. The molecule has 6 heteroatoms. The number of aromatic nitrogens is 2. The highest BCUT2D eigenvalue weighted by molar-refractivity contribution is 6.02. The molecule has 0 saturated heterocycles. The Balaban J connectivity index is 1.83. The molecule has 3 atom stereocenters. The lowest BCUT2D eigenvalue weighted by Gasteiger charge is -2.15. The summed E-state index contributed by atoms with van der Waals surface area (Å²) in [6, 6.07) is 5.51. The Morgan fingerprint density at radius 3 is 2.86 bits per heavy atom. The van der Waals surface area contributed by atoms with Crippen molar-refractivity contribution in [2.45, 2.75) is 19.8 Å². The number of H-pyrrole nitrogens is 1. The van der Waals surface area contributed by atoms with Gasteiger partial charge in [0.25, 0.3) is 0 Å². The van der Waals surface area contributed by atoms with Gasteiger partial charge in [0.15, 0.2) is 0 Å². The third-order valence-corrected chi connectivity index (χ3v) is 4.19. The number of para-hydroxylation sites is 1. The van der Waals surface area contributed by atoms with Gasteiger partial charge in [-0.05, 0) is 24.8 Å². The average Bonchev–Trinajstić information content (AvgIpc) is 3.05. The molecule has 21 heavy (non-hydrogen) atoms. The minimum absolute atomic E-state index is 0.228. The highest BCUT2D eigenvalue weighted by atomic mass is 16.4. The normalized spacial score (nSPS) is 25.1. The summed E-state index contributed by atoms with van der Waals surface area (Å²) in [7, 11) is 0. The Morgan fingerprint density at radius 1 is 1.33 bits per heavy atom. The zero-order valence-corrected chi connectivity index (χ0v) is 11.7. The maximum Gasteiger partial charge on any atom is 0.307 e. The van der Waals surface area contributed by atoms with Crippen LogP contribution in [0.3, 0.4) is 0 Å². The van der Waals surface area contributed by atoms with Crippen LogP contribution in [0.2, 0.25) is 0 Å². The second-order valence-corrected chi connectivity index (χ2v) is 5.76. The molecule has 2 aromatic rings. The lowest BCUT2D eigenvalue weighted by molar-refractivity contribution is -0.145. The highest BCUT2D eigenvalue weighted by Crippen LogP contribution is 2.37. The summed E-state index contributed by atoms with van der Waals surface area (Å²) in [5, 5.41) is 19.8. The SMILES string of the molecule is CC1CC(C(=O)O)C(C(=O)Nc2cccc3cn[nH]c23)C1. The van der Waals surface area contributed by atoms with Gasteiger partial charge in [0, 0.05) is 5.39 Å². The third kappa shape index (κ3) is 2.49. The first-order valence-corrected chi connectivity index (χ1v) is 7.02. The Kier molecular flexibility index (Phi) is 3.37. The number of carbonyl (C=O) groups excluding carboxylic acids is 1. The van der Waals surface area contributed by atoms with E-state index in [0.29, 0.717) is 18.5 Å². The topological polar surface area (TPSA) is 95.1 Å². The van der Waals surface area contributed by atoms with Crippen LogP contribution in [0.15, 0.2) is 24.4 Å². The van der Waals surface area contributed by atoms with E-state index in [1.165, 1.54) is 0 Å². The van der Waals surface area contributed by atoms with Gasteiger partial charge in [-0.1, -0.05) is 19.1 Å². The number of anilines is 1. The second-order valence-electron chi connectivity index (χ2n) is 5.76. The van der Waals surface area contributed by atoms with Crippen molar-refractivity contribution < 1.29 is 14.7 Å². The fraction of sp³-hybridized carbons (Fsp3) is 0.400. The summed E-state index contributed by atoms with van der Waals surface area (Å²) in [5.74, 6) is -1.94. The molecule has 0 radical (unpaired) electrons. The summed E-state index contributed by atoms with van der Waals surface area (Å²) >= 11 is 0. The predicted molar refractivity (Wildman–Crippen MR) is 77.7 cm³/mol. The smallest absolute Gasteiger partial charge is 0.307 e. The molecule has 0 spiro atoms. The second kappa shape index (κ2) is 5.20. The number of fused-ring (bicyclic) bond motifs is 1. The van der Waals surface area contributed by atoms with E-state index in [2.05, 4.69) is 15.5 Å². The maximum absolute atomic E-state index is 12.4. The van der Waals surface area contributed by atoms with Crippen LogP contribution in [-0.2, 0) is 9.59 Å². The number of rotatable bonds is 3. The van der Waals surface area contributed by atoms with Crippen molar-refractivity contribution in [1.29, 1.82) is 0 Å². The molecule has 1 fully saturated rings. The monoisotopic (exact) mass is 287 g/mol. The minimum Gasteiger partial charge on any atom is -0.481 e. The number of aliphatic carboxylic acids is 1. The van der Waals surface area contributed by atoms with Gasteiger partial charge in [-0.2, -0.15) is 5.10 Å². The van der Waals surface area contributed by atoms with Crippen LogP contribution in [0.5, 0.6) is 0 Å². The van der Waals surface area contributed by atoms with Gasteiger partial charge in [-0.3, -0.25) is 14.7 Å². The van der Waals surface area contributed by atoms with Crippen LogP contribution in [0.4, 0.5) is 5.69 Å². The molecular weight excluding hydrogens is 270 g/mol. The van der Waals surface area contributed by atoms with E-state index in [-0.39, 0.29) is 11.8 Å². The van der Waals surface area contributed by atoms with E-state index in [0.717, 1.165) is 10.9 Å². The molecule has 1 heterocycles. The van der Waals surface area contributed by atoms with Crippen LogP contribution < -0.4 is 5.32 Å². The van der Waals surface area contributed by atoms with Gasteiger partial charge in [-0.15, -0.1) is 0 Å². The van der Waals surface area contributed by atoms with Gasteiger partial charge in [-0.25, -0.2) is 0 Å². The lowest BCUT2D eigenvalue weighted by atomic mass is 9.95. The number of nitrogens with zero attached hydrogens (tertiary/aromatic N) is 1. The number of amides is 1. The summed E-state index contributed by atoms with van der Waals surface area (Å²) in [6.45, 7) is 1.98. The fourth-order valence-corrected chi connectivity index (χ4v) is 3.15. The van der Waals surface area contributed by atoms with Crippen molar-refractivity contribution in [3.05, 3.63) is 24.4 Å². The number of nitrogens with one attached hydrogen (secondary N) is 2. The van der Waals surface area contributed by atoms with Crippen LogP contribution in [0.1, 0.15) is 19.8 Å². The van der Waals surface area contributed by atoms with Crippen molar-refractivity contribution in [3.8, 4) is 0 Å². The van der Waals surface area contributed by atoms with E-state index in [1.807, 2.05) is 19.1 Å². The molecule has 1 aromatic heterocycles. The standard InChI is InChI=1S/C15H17N3O3/c1-8-5-10(11(6-8)15(20)21)14(19)17-12-4-2-3-9-7-16-18-13(9)12/h2-4,7-8,10-11H,5-6H2,1H3,(H,16,18)(H,17,19)(H,20,21). The minimum atomic E-state index is -0.890. The Hall–Kier alpha value is -2.37. The van der Waals surface area contributed by atoms with E-state index >= 15 is 0 Å². The molecule has 0 aliphatic heterocycles. The van der Waals surface area contributed by atoms with Crippen LogP contribution >= 0.6 is 0 Å². The lowest BCUT2D eigenvalue weighted by Crippen LogP contribution is -2.30. The van der Waals surface area contributed by atoms with Crippen molar-refractivity contribution >= 4 is 28.5 Å². The molecule has 110 valence electrons. The molecule has 0 bridgehead atoms. The van der Waals surface area contributed by atoms with Gasteiger partial charge < -0.3 is 10.4 Å². The number of benzene rings is 1. The predicted octanol–water partition coefficient (Wildman–Crippen LogP) is 2.25. The van der Waals surface area contributed by atoms with Gasteiger partial charge >= 0.3 is 5.97 Å². The van der Waals surface area contributed by atoms with Crippen LogP contribution in [0.25, 0.3) is 10.9 Å². The van der Waals surface area contributed by atoms with E-state index in [4.69, 9.17) is 0 Å². The first kappa shape index (κ1) is 13.6. The van der Waals surface area contributed by atoms with E-state index in [1.54, 1.807) is 12.3 Å². The zero-order valence-electron chi connectivity index (χ0n) is 11.7. The first-order chi connectivity index (χ1) is 10.1. The summed E-state index contributed by atoms with van der Waals surface area (Å²) in [4.78, 5) is 23.7. The van der Waals surface area contributed by atoms with Crippen molar-refractivity contribution in [1.82, 2.24) is 10.2 Å². The highest BCUT2D eigenvalue weighted by Gasteiger charge is 2.41. The largest absolute Gasteiger partial charge is 0.481 e. The molecule has 6 nitrogen and oxygen atoms in total. The Bertz CT molecular complexity index is 694. The molecule has 1 aliphatic rings. The number of carbonyl (C=O) groups is 2. The third-order valence-electron chi connectivity index (χ3n) is 4.19. The molecule has 1 aromatic carbocycles. The van der Waals surface area contributed by atoms with Crippen molar-refractivity contribution in [2.75, 3.05) is 5.32 Å². The number of hydrogen-bond acceptors (Lipinski definition) is 3. The molecular formula is C15H17N3O3. The van der Waals surface area contributed by atoms with Crippen LogP contribution in [0, 0.1) is 17.8 Å². The van der Waals surface area contributed by atoms with E-state index < -0.39 is 17.8 Å². The average molecular weight is 287 g/mol. The van der Waals surface area contributed by atoms with E-state index in [9.17, 15) is 14.7 Å². The quantitative estimate of drug-likeness (QED) is 0.806. The summed E-state index contributed by atoms with van der Waals surface area (Å²) < 4.78 is 0. The molecule has 3 rings (SSSR count). The first-order valence-electron chi connectivity index (χ1n) is 7.02. The van der Waals surface area contributed by atoms with Crippen LogP contribution in [-0.4, -0.2) is 27.2 Å².